The van der Waals surface area contributed by atoms with Crippen molar-refractivity contribution >= 4 is 40.4 Å². The quantitative estimate of drug-likeness (QED) is 0.560. The van der Waals surface area contributed by atoms with Gasteiger partial charge in [0.1, 0.15) is 17.5 Å². The minimum absolute atomic E-state index is 0.165. The molecule has 1 aliphatic rings. The summed E-state index contributed by atoms with van der Waals surface area (Å²) in [4.78, 5) is 50.5. The molecule has 34 heavy (non-hydrogen) atoms. The summed E-state index contributed by atoms with van der Waals surface area (Å²) in [5, 5.41) is 5.33. The average molecular weight is 486 g/mol. The molecule has 1 heterocycles. The number of nitrogens with zero attached hydrogens (tertiary/aromatic N) is 1. The van der Waals surface area contributed by atoms with E-state index in [-0.39, 0.29) is 35.3 Å². The molecule has 2 aromatic rings. The molecule has 0 bridgehead atoms. The number of anilines is 1. The normalized spacial score (nSPS) is 14.2. The zero-order valence-corrected chi connectivity index (χ0v) is 20.2. The fourth-order valence-electron chi connectivity index (χ4n) is 3.33. The first-order valence-corrected chi connectivity index (χ1v) is 11.6. The largest absolute Gasteiger partial charge is 0.497 e. The van der Waals surface area contributed by atoms with Gasteiger partial charge in [0.2, 0.25) is 11.8 Å². The van der Waals surface area contributed by atoms with Crippen LogP contribution >= 0.6 is 11.8 Å². The Labute approximate surface area is 202 Å². The van der Waals surface area contributed by atoms with Gasteiger partial charge in [-0.2, -0.15) is 0 Å². The van der Waals surface area contributed by atoms with Crippen molar-refractivity contribution in [2.75, 3.05) is 25.3 Å². The molecule has 1 fully saturated rings. The highest BCUT2D eigenvalue weighted by Gasteiger charge is 2.30. The average Bonchev–Trinajstić information content (AvgIpc) is 3.14. The lowest BCUT2D eigenvalue weighted by atomic mass is 10.0. The van der Waals surface area contributed by atoms with Crippen LogP contribution in [0.15, 0.2) is 42.5 Å². The summed E-state index contributed by atoms with van der Waals surface area (Å²) in [6.07, 6.45) is 0. The molecule has 1 atom stereocenters. The molecule has 180 valence electrons. The van der Waals surface area contributed by atoms with Crippen molar-refractivity contribution < 1.29 is 28.7 Å². The molecule has 0 radical (unpaired) electrons. The molecule has 4 amide bonds. The number of benzene rings is 2. The molecule has 0 aliphatic carbocycles. The maximum atomic E-state index is 12.9. The van der Waals surface area contributed by atoms with Crippen LogP contribution in [0.1, 0.15) is 29.8 Å². The molecule has 0 spiro atoms. The number of thioether (sulfide) groups is 1. The van der Waals surface area contributed by atoms with E-state index in [9.17, 15) is 19.2 Å². The molecule has 1 aliphatic heterocycles. The Morgan fingerprint density at radius 1 is 1.03 bits per heavy atom. The van der Waals surface area contributed by atoms with Crippen molar-refractivity contribution in [3.63, 3.8) is 0 Å². The van der Waals surface area contributed by atoms with Gasteiger partial charge in [0.25, 0.3) is 11.1 Å². The molecule has 3 rings (SSSR count). The van der Waals surface area contributed by atoms with Gasteiger partial charge in [0.05, 0.1) is 26.5 Å². The van der Waals surface area contributed by atoms with E-state index in [1.165, 1.54) is 19.1 Å². The third-order valence-electron chi connectivity index (χ3n) is 5.25. The fourth-order valence-corrected chi connectivity index (χ4v) is 4.05. The van der Waals surface area contributed by atoms with Gasteiger partial charge < -0.3 is 20.1 Å². The highest BCUT2D eigenvalue weighted by molar-refractivity contribution is 8.14. The fraction of sp³-hybridized carbons (Fsp3) is 0.333. The molecule has 1 saturated heterocycles. The van der Waals surface area contributed by atoms with Crippen LogP contribution in [0.4, 0.5) is 10.5 Å². The maximum absolute atomic E-state index is 12.9. The maximum Gasteiger partial charge on any atom is 0.289 e. The number of hydrogen-bond donors (Lipinski definition) is 2. The van der Waals surface area contributed by atoms with Crippen molar-refractivity contribution in [3.05, 3.63) is 53.6 Å². The Hall–Kier alpha value is -3.53. The van der Waals surface area contributed by atoms with Crippen LogP contribution in [0.5, 0.6) is 11.5 Å². The number of carbonyl (C=O) groups is 4. The summed E-state index contributed by atoms with van der Waals surface area (Å²) in [5.41, 5.74) is 1.61. The molecule has 1 unspecified atom stereocenters. The predicted molar refractivity (Wildman–Crippen MR) is 129 cm³/mol. The highest BCUT2D eigenvalue weighted by Crippen LogP contribution is 2.24. The van der Waals surface area contributed by atoms with Crippen LogP contribution in [-0.2, 0) is 16.1 Å². The van der Waals surface area contributed by atoms with Crippen molar-refractivity contribution in [3.8, 4) is 11.5 Å². The predicted octanol–water partition coefficient (Wildman–Crippen LogP) is 3.29. The number of nitrogens with one attached hydrogen (secondary N) is 2. The first-order valence-electron chi connectivity index (χ1n) is 10.6. The van der Waals surface area contributed by atoms with E-state index in [2.05, 4.69) is 10.6 Å². The van der Waals surface area contributed by atoms with Gasteiger partial charge in [0.15, 0.2) is 0 Å². The lowest BCUT2D eigenvalue weighted by Gasteiger charge is -2.22. The summed E-state index contributed by atoms with van der Waals surface area (Å²) in [6, 6.07) is 10.9. The molecule has 2 aromatic carbocycles. The lowest BCUT2D eigenvalue weighted by Crippen LogP contribution is -2.47. The van der Waals surface area contributed by atoms with Crippen molar-refractivity contribution in [1.29, 1.82) is 0 Å². The first kappa shape index (κ1) is 25.1. The Morgan fingerprint density at radius 3 is 2.15 bits per heavy atom. The standard InChI is InChI=1S/C24H27N3O6S/c1-14(2)21(26-22(29)16-9-18(32-3)11-19(10-16)33-4)23(30)25-17-7-5-15(6-8-17)12-27-20(28)13-34-24(27)31/h5-11,14,21H,12-13H2,1-4H3,(H,25,30)(H,26,29). The Balaban J connectivity index is 1.66. The van der Waals surface area contributed by atoms with Gasteiger partial charge in [-0.05, 0) is 35.7 Å². The van der Waals surface area contributed by atoms with Gasteiger partial charge >= 0.3 is 0 Å². The van der Waals surface area contributed by atoms with Crippen molar-refractivity contribution in [2.24, 2.45) is 5.92 Å². The summed E-state index contributed by atoms with van der Waals surface area (Å²) in [6.45, 7) is 3.86. The van der Waals surface area contributed by atoms with E-state index < -0.39 is 11.9 Å². The van der Waals surface area contributed by atoms with Crippen LogP contribution in [0.25, 0.3) is 0 Å². The van der Waals surface area contributed by atoms with E-state index in [1.54, 1.807) is 42.5 Å². The summed E-state index contributed by atoms with van der Waals surface area (Å²) < 4.78 is 10.4. The molecule has 10 heteroatoms. The number of ether oxygens (including phenoxy) is 2. The Bertz CT molecular complexity index is 1050. The second-order valence-electron chi connectivity index (χ2n) is 8.02. The molecular weight excluding hydrogens is 458 g/mol. The minimum atomic E-state index is -0.791. The number of methoxy groups -OCH3 is 2. The van der Waals surface area contributed by atoms with E-state index in [0.717, 1.165) is 17.3 Å². The van der Waals surface area contributed by atoms with Gasteiger partial charge in [-0.15, -0.1) is 0 Å². The van der Waals surface area contributed by atoms with E-state index in [0.29, 0.717) is 22.7 Å². The molecule has 9 nitrogen and oxygen atoms in total. The minimum Gasteiger partial charge on any atom is -0.497 e. The SMILES string of the molecule is COc1cc(OC)cc(C(=O)NC(C(=O)Nc2ccc(CN3C(=O)CSC3=O)cc2)C(C)C)c1. The molecule has 2 N–H and O–H groups in total. The van der Waals surface area contributed by atoms with Crippen LogP contribution in [0.3, 0.4) is 0 Å². The topological polar surface area (TPSA) is 114 Å². The van der Waals surface area contributed by atoms with Crippen molar-refractivity contribution in [1.82, 2.24) is 10.2 Å². The number of imide groups is 1. The molecule has 0 aromatic heterocycles. The van der Waals surface area contributed by atoms with Gasteiger partial charge in [-0.3, -0.25) is 24.1 Å². The number of amides is 4. The highest BCUT2D eigenvalue weighted by atomic mass is 32.2. The summed E-state index contributed by atoms with van der Waals surface area (Å²) in [7, 11) is 2.98. The smallest absolute Gasteiger partial charge is 0.289 e. The Kier molecular flexibility index (Phi) is 8.17. The van der Waals surface area contributed by atoms with Crippen LogP contribution in [-0.4, -0.2) is 53.9 Å². The second kappa shape index (κ2) is 11.1. The number of rotatable bonds is 9. The molecular formula is C24H27N3O6S. The van der Waals surface area contributed by atoms with Gasteiger partial charge in [0, 0.05) is 17.3 Å². The van der Waals surface area contributed by atoms with Crippen LogP contribution < -0.4 is 20.1 Å². The third-order valence-corrected chi connectivity index (χ3v) is 6.11. The lowest BCUT2D eigenvalue weighted by molar-refractivity contribution is -0.125. The third kappa shape index (κ3) is 6.07. The second-order valence-corrected chi connectivity index (χ2v) is 8.94. The van der Waals surface area contributed by atoms with E-state index >= 15 is 0 Å². The Morgan fingerprint density at radius 2 is 1.65 bits per heavy atom. The number of carbonyl (C=O) groups excluding carboxylic acids is 4. The number of hydrogen-bond acceptors (Lipinski definition) is 7. The van der Waals surface area contributed by atoms with Gasteiger partial charge in [-0.25, -0.2) is 0 Å². The monoisotopic (exact) mass is 485 g/mol. The zero-order chi connectivity index (χ0) is 24.8. The van der Waals surface area contributed by atoms with E-state index in [4.69, 9.17) is 9.47 Å². The van der Waals surface area contributed by atoms with Crippen LogP contribution in [0, 0.1) is 5.92 Å². The first-order chi connectivity index (χ1) is 16.2. The van der Waals surface area contributed by atoms with Crippen molar-refractivity contribution in [2.45, 2.75) is 26.4 Å². The zero-order valence-electron chi connectivity index (χ0n) is 19.4. The summed E-state index contributed by atoms with van der Waals surface area (Å²) in [5.74, 6) is -0.0988. The van der Waals surface area contributed by atoms with E-state index in [1.807, 2.05) is 13.8 Å². The molecule has 0 saturated carbocycles. The summed E-state index contributed by atoms with van der Waals surface area (Å²) >= 11 is 0.989. The van der Waals surface area contributed by atoms with Crippen LogP contribution in [0.2, 0.25) is 0 Å². The van der Waals surface area contributed by atoms with Gasteiger partial charge in [-0.1, -0.05) is 37.7 Å².